The summed E-state index contributed by atoms with van der Waals surface area (Å²) < 4.78 is 0.481. The van der Waals surface area contributed by atoms with Crippen molar-refractivity contribution >= 4 is 22.9 Å². The fourth-order valence-corrected chi connectivity index (χ4v) is 2.65. The van der Waals surface area contributed by atoms with Crippen LogP contribution in [0.2, 0.25) is 4.34 Å². The number of hydrogen-bond acceptors (Lipinski definition) is 5. The molecule has 0 aliphatic heterocycles. The standard InChI is InChI=1S/C13H8ClN3O2S/c14-8-6-15-13(20-8)10-16-11(18)9(12(19)17-10)7-4-2-1-3-5-7/h1-6H,(H2,16,17,18,19). The molecule has 2 aromatic heterocycles. The molecule has 0 saturated heterocycles. The van der Waals surface area contributed by atoms with Crippen LogP contribution >= 0.6 is 22.9 Å². The van der Waals surface area contributed by atoms with Crippen molar-refractivity contribution in [2.24, 2.45) is 0 Å². The van der Waals surface area contributed by atoms with Crippen molar-refractivity contribution in [2.45, 2.75) is 0 Å². The van der Waals surface area contributed by atoms with Gasteiger partial charge in [-0.15, -0.1) is 0 Å². The van der Waals surface area contributed by atoms with Crippen LogP contribution < -0.4 is 5.56 Å². The molecule has 100 valence electrons. The average molecular weight is 306 g/mol. The van der Waals surface area contributed by atoms with E-state index in [1.807, 2.05) is 6.07 Å². The fraction of sp³-hybridized carbons (Fsp3) is 0. The largest absolute Gasteiger partial charge is 0.493 e. The monoisotopic (exact) mass is 305 g/mol. The Labute approximate surface area is 122 Å². The number of aromatic amines is 1. The minimum Gasteiger partial charge on any atom is -0.493 e. The van der Waals surface area contributed by atoms with E-state index in [1.165, 1.54) is 17.5 Å². The lowest BCUT2D eigenvalue weighted by Crippen LogP contribution is -2.12. The molecule has 0 unspecified atom stereocenters. The number of nitrogens with zero attached hydrogens (tertiary/aromatic N) is 2. The topological polar surface area (TPSA) is 78.9 Å². The van der Waals surface area contributed by atoms with Crippen molar-refractivity contribution in [1.82, 2.24) is 15.0 Å². The van der Waals surface area contributed by atoms with Crippen LogP contribution in [-0.4, -0.2) is 20.1 Å². The lowest BCUT2D eigenvalue weighted by Gasteiger charge is -2.04. The minimum absolute atomic E-state index is 0.136. The second-order valence-electron chi connectivity index (χ2n) is 3.95. The number of H-pyrrole nitrogens is 1. The van der Waals surface area contributed by atoms with Crippen LogP contribution in [0.3, 0.4) is 0 Å². The van der Waals surface area contributed by atoms with Gasteiger partial charge in [-0.2, -0.15) is 4.98 Å². The number of nitrogens with one attached hydrogen (secondary N) is 1. The van der Waals surface area contributed by atoms with E-state index in [1.54, 1.807) is 24.3 Å². The van der Waals surface area contributed by atoms with Crippen molar-refractivity contribution in [3.8, 4) is 27.8 Å². The number of thiazole rings is 1. The molecule has 0 saturated carbocycles. The van der Waals surface area contributed by atoms with E-state index in [0.717, 1.165) is 0 Å². The SMILES string of the molecule is O=c1[nH]c(-c2ncc(Cl)s2)nc(O)c1-c1ccccc1. The number of aromatic nitrogens is 3. The maximum atomic E-state index is 12.1. The Hall–Kier alpha value is -2.18. The van der Waals surface area contributed by atoms with Gasteiger partial charge in [0, 0.05) is 0 Å². The van der Waals surface area contributed by atoms with E-state index in [-0.39, 0.29) is 17.3 Å². The zero-order valence-corrected chi connectivity index (χ0v) is 11.6. The highest BCUT2D eigenvalue weighted by Gasteiger charge is 2.15. The van der Waals surface area contributed by atoms with E-state index in [0.29, 0.717) is 14.9 Å². The Morgan fingerprint density at radius 3 is 2.60 bits per heavy atom. The normalized spacial score (nSPS) is 10.7. The predicted octanol–water partition coefficient (Wildman–Crippen LogP) is 2.92. The zero-order chi connectivity index (χ0) is 14.1. The average Bonchev–Trinajstić information content (AvgIpc) is 2.86. The summed E-state index contributed by atoms with van der Waals surface area (Å²) >= 11 is 6.96. The van der Waals surface area contributed by atoms with Gasteiger partial charge in [0.25, 0.3) is 5.56 Å². The molecule has 7 heteroatoms. The Bertz CT molecular complexity index is 814. The third-order valence-electron chi connectivity index (χ3n) is 2.64. The van der Waals surface area contributed by atoms with Gasteiger partial charge in [0.2, 0.25) is 5.88 Å². The lowest BCUT2D eigenvalue weighted by molar-refractivity contribution is 0.454. The second kappa shape index (κ2) is 5.07. The van der Waals surface area contributed by atoms with Gasteiger partial charge in [-0.1, -0.05) is 53.3 Å². The Balaban J connectivity index is 2.15. The fourth-order valence-electron chi connectivity index (χ4n) is 1.79. The summed E-state index contributed by atoms with van der Waals surface area (Å²) in [6.45, 7) is 0. The predicted molar refractivity (Wildman–Crippen MR) is 78.1 cm³/mol. The van der Waals surface area contributed by atoms with Gasteiger partial charge in [0.05, 0.1) is 6.20 Å². The molecule has 0 radical (unpaired) electrons. The summed E-state index contributed by atoms with van der Waals surface area (Å²) in [6, 6.07) is 8.84. The summed E-state index contributed by atoms with van der Waals surface area (Å²) in [5, 5.41) is 10.5. The molecule has 0 bridgehead atoms. The molecule has 2 N–H and O–H groups in total. The van der Waals surface area contributed by atoms with Crippen LogP contribution in [0.5, 0.6) is 5.88 Å². The van der Waals surface area contributed by atoms with Crippen LogP contribution in [0.1, 0.15) is 0 Å². The number of rotatable bonds is 2. The summed E-state index contributed by atoms with van der Waals surface area (Å²) in [6.07, 6.45) is 1.46. The Morgan fingerprint density at radius 1 is 1.25 bits per heavy atom. The highest BCUT2D eigenvalue weighted by Crippen LogP contribution is 2.28. The van der Waals surface area contributed by atoms with Crippen LogP contribution in [0, 0.1) is 0 Å². The van der Waals surface area contributed by atoms with Gasteiger partial charge in [-0.3, -0.25) is 4.79 Å². The summed E-state index contributed by atoms with van der Waals surface area (Å²) in [7, 11) is 0. The molecule has 5 nitrogen and oxygen atoms in total. The molecule has 0 fully saturated rings. The summed E-state index contributed by atoms with van der Waals surface area (Å²) in [4.78, 5) is 22.7. The van der Waals surface area contributed by atoms with Crippen molar-refractivity contribution in [3.63, 3.8) is 0 Å². The lowest BCUT2D eigenvalue weighted by atomic mass is 10.1. The molecule has 0 amide bonds. The number of halogens is 1. The number of aromatic hydroxyl groups is 1. The van der Waals surface area contributed by atoms with E-state index in [4.69, 9.17) is 11.6 Å². The first-order chi connectivity index (χ1) is 9.65. The van der Waals surface area contributed by atoms with Crippen LogP contribution in [0.25, 0.3) is 22.0 Å². The molecule has 20 heavy (non-hydrogen) atoms. The number of benzene rings is 1. The maximum absolute atomic E-state index is 12.1. The van der Waals surface area contributed by atoms with Crippen molar-refractivity contribution in [3.05, 3.63) is 51.2 Å². The molecule has 3 aromatic rings. The molecule has 3 rings (SSSR count). The third-order valence-corrected chi connectivity index (χ3v) is 3.76. The van der Waals surface area contributed by atoms with Crippen LogP contribution in [0.4, 0.5) is 0 Å². The van der Waals surface area contributed by atoms with Gasteiger partial charge in [-0.25, -0.2) is 4.98 Å². The molecule has 0 spiro atoms. The van der Waals surface area contributed by atoms with Crippen LogP contribution in [0.15, 0.2) is 41.3 Å². The van der Waals surface area contributed by atoms with Gasteiger partial charge >= 0.3 is 0 Å². The Morgan fingerprint density at radius 2 is 2.00 bits per heavy atom. The first kappa shape index (κ1) is 12.8. The maximum Gasteiger partial charge on any atom is 0.263 e. The van der Waals surface area contributed by atoms with Gasteiger partial charge < -0.3 is 10.1 Å². The molecule has 0 atom stereocenters. The molecular formula is C13H8ClN3O2S. The van der Waals surface area contributed by atoms with Gasteiger partial charge in [0.15, 0.2) is 10.8 Å². The van der Waals surface area contributed by atoms with Gasteiger partial charge in [-0.05, 0) is 5.56 Å². The first-order valence-electron chi connectivity index (χ1n) is 5.65. The van der Waals surface area contributed by atoms with E-state index in [2.05, 4.69) is 15.0 Å². The van der Waals surface area contributed by atoms with E-state index < -0.39 is 5.56 Å². The highest BCUT2D eigenvalue weighted by atomic mass is 35.5. The van der Waals surface area contributed by atoms with E-state index in [9.17, 15) is 9.90 Å². The molecule has 2 heterocycles. The van der Waals surface area contributed by atoms with Crippen molar-refractivity contribution in [1.29, 1.82) is 0 Å². The third kappa shape index (κ3) is 2.31. The zero-order valence-electron chi connectivity index (χ0n) is 10.0. The molecule has 1 aromatic carbocycles. The quantitative estimate of drug-likeness (QED) is 0.763. The van der Waals surface area contributed by atoms with E-state index >= 15 is 0 Å². The number of hydrogen-bond donors (Lipinski definition) is 2. The second-order valence-corrected chi connectivity index (χ2v) is 5.61. The molecule has 0 aliphatic rings. The minimum atomic E-state index is -0.426. The Kier molecular flexibility index (Phi) is 3.25. The smallest absolute Gasteiger partial charge is 0.263 e. The highest BCUT2D eigenvalue weighted by molar-refractivity contribution is 7.18. The first-order valence-corrected chi connectivity index (χ1v) is 6.85. The summed E-state index contributed by atoms with van der Waals surface area (Å²) in [5.41, 5.74) is 0.310. The molecule has 0 aliphatic carbocycles. The van der Waals surface area contributed by atoms with Crippen LogP contribution in [-0.2, 0) is 0 Å². The summed E-state index contributed by atoms with van der Waals surface area (Å²) in [5.74, 6) is -0.134. The van der Waals surface area contributed by atoms with Gasteiger partial charge in [0.1, 0.15) is 9.90 Å². The van der Waals surface area contributed by atoms with Crippen molar-refractivity contribution in [2.75, 3.05) is 0 Å². The van der Waals surface area contributed by atoms with Crippen molar-refractivity contribution < 1.29 is 5.11 Å². The molecular weight excluding hydrogens is 298 g/mol.